The third-order valence-corrected chi connectivity index (χ3v) is 4.66. The smallest absolute Gasteiger partial charge is 0.130 e. The predicted octanol–water partition coefficient (Wildman–Crippen LogP) is 3.64. The van der Waals surface area contributed by atoms with Crippen molar-refractivity contribution in [2.45, 2.75) is 37.8 Å². The summed E-state index contributed by atoms with van der Waals surface area (Å²) in [6, 6.07) is 3.59. The molecule has 0 amide bonds. The van der Waals surface area contributed by atoms with Crippen molar-refractivity contribution in [1.29, 1.82) is 0 Å². The van der Waals surface area contributed by atoms with Crippen molar-refractivity contribution in [3.05, 3.63) is 26.6 Å². The Labute approximate surface area is 123 Å². The highest BCUT2D eigenvalue weighted by Gasteiger charge is 2.19. The van der Waals surface area contributed by atoms with E-state index >= 15 is 0 Å². The maximum absolute atomic E-state index is 9.63. The summed E-state index contributed by atoms with van der Waals surface area (Å²) in [5.74, 6) is 0.198. The van der Waals surface area contributed by atoms with Crippen LogP contribution in [0.2, 0.25) is 0 Å². The monoisotopic (exact) mass is 375 g/mol. The maximum Gasteiger partial charge on any atom is 0.130 e. The molecule has 0 aliphatic heterocycles. The average molecular weight is 377 g/mol. The lowest BCUT2D eigenvalue weighted by Gasteiger charge is -2.22. The molecule has 0 aromatic heterocycles. The van der Waals surface area contributed by atoms with E-state index < -0.39 is 0 Å². The molecule has 98 valence electrons. The molecule has 0 radical (unpaired) electrons. The molecule has 5 heteroatoms. The van der Waals surface area contributed by atoms with Crippen LogP contribution in [-0.4, -0.2) is 28.6 Å². The summed E-state index contributed by atoms with van der Waals surface area (Å²) in [5.41, 5.74) is 0.829. The van der Waals surface area contributed by atoms with Crippen LogP contribution < -0.4 is 0 Å². The standard InChI is InChI=1S/C13H15Br2NO2/c14-11-4-5-12(18)13(15)10(11)7-16-8-2-1-3-9(17)6-8/h4-5,7-9,17-18H,1-3,6H2/t8-,9+/m1/s1. The Hall–Kier alpha value is -0.390. The van der Waals surface area contributed by atoms with Crippen LogP contribution in [-0.2, 0) is 0 Å². The summed E-state index contributed by atoms with van der Waals surface area (Å²) in [7, 11) is 0. The third-order valence-electron chi connectivity index (χ3n) is 3.14. The highest BCUT2D eigenvalue weighted by atomic mass is 79.9. The molecule has 1 aliphatic rings. The number of phenols is 1. The van der Waals surface area contributed by atoms with Crippen molar-refractivity contribution in [3.8, 4) is 5.75 Å². The zero-order valence-corrected chi connectivity index (χ0v) is 13.0. The van der Waals surface area contributed by atoms with Crippen LogP contribution in [0.1, 0.15) is 31.2 Å². The molecule has 1 aliphatic carbocycles. The Bertz CT molecular complexity index is 463. The number of hydrogen-bond donors (Lipinski definition) is 2. The van der Waals surface area contributed by atoms with Gasteiger partial charge in [0.25, 0.3) is 0 Å². The van der Waals surface area contributed by atoms with Gasteiger partial charge in [0, 0.05) is 16.3 Å². The summed E-state index contributed by atoms with van der Waals surface area (Å²) in [5, 5.41) is 19.2. The minimum atomic E-state index is -0.225. The van der Waals surface area contributed by atoms with E-state index in [1.807, 2.05) is 0 Å². The Morgan fingerprint density at radius 3 is 2.78 bits per heavy atom. The first-order chi connectivity index (χ1) is 8.58. The van der Waals surface area contributed by atoms with Crippen molar-refractivity contribution in [2.24, 2.45) is 4.99 Å². The fourth-order valence-electron chi connectivity index (χ4n) is 2.13. The van der Waals surface area contributed by atoms with Gasteiger partial charge in [-0.15, -0.1) is 0 Å². The predicted molar refractivity (Wildman–Crippen MR) is 79.4 cm³/mol. The van der Waals surface area contributed by atoms with E-state index in [0.717, 1.165) is 35.7 Å². The molecule has 1 aromatic rings. The van der Waals surface area contributed by atoms with E-state index in [2.05, 4.69) is 36.9 Å². The van der Waals surface area contributed by atoms with Crippen molar-refractivity contribution in [3.63, 3.8) is 0 Å². The maximum atomic E-state index is 9.63. The molecule has 1 aromatic carbocycles. The number of hydrogen-bond acceptors (Lipinski definition) is 3. The molecule has 0 saturated heterocycles. The van der Waals surface area contributed by atoms with Gasteiger partial charge in [0.15, 0.2) is 0 Å². The number of aromatic hydroxyl groups is 1. The van der Waals surface area contributed by atoms with Crippen molar-refractivity contribution in [2.75, 3.05) is 0 Å². The normalized spacial score (nSPS) is 24.6. The molecule has 2 atom stereocenters. The lowest BCUT2D eigenvalue weighted by molar-refractivity contribution is 0.121. The molecule has 2 rings (SSSR count). The van der Waals surface area contributed by atoms with Crippen LogP contribution in [0.3, 0.4) is 0 Å². The fourth-order valence-corrected chi connectivity index (χ4v) is 3.28. The molecule has 0 heterocycles. The van der Waals surface area contributed by atoms with Crippen LogP contribution in [0.25, 0.3) is 0 Å². The second kappa shape index (κ2) is 6.17. The van der Waals surface area contributed by atoms with Gasteiger partial charge in [-0.2, -0.15) is 0 Å². The molecule has 2 N–H and O–H groups in total. The molecule has 1 saturated carbocycles. The topological polar surface area (TPSA) is 52.8 Å². The first-order valence-electron chi connectivity index (χ1n) is 5.96. The van der Waals surface area contributed by atoms with E-state index in [9.17, 15) is 10.2 Å². The SMILES string of the molecule is Oc1ccc(Br)c(C=N[C@@H]2CCC[C@H](O)C2)c1Br. The largest absolute Gasteiger partial charge is 0.507 e. The molecule has 0 bridgehead atoms. The Morgan fingerprint density at radius 1 is 1.28 bits per heavy atom. The van der Waals surface area contributed by atoms with Gasteiger partial charge in [0.05, 0.1) is 16.6 Å². The Kier molecular flexibility index (Phi) is 4.81. The first-order valence-corrected chi connectivity index (χ1v) is 7.54. The van der Waals surface area contributed by atoms with E-state index in [1.165, 1.54) is 0 Å². The van der Waals surface area contributed by atoms with Gasteiger partial charge < -0.3 is 10.2 Å². The summed E-state index contributed by atoms with van der Waals surface area (Å²) >= 11 is 6.78. The van der Waals surface area contributed by atoms with E-state index in [-0.39, 0.29) is 17.9 Å². The molecule has 18 heavy (non-hydrogen) atoms. The average Bonchev–Trinajstić information content (AvgIpc) is 2.34. The van der Waals surface area contributed by atoms with Crippen LogP contribution in [0.5, 0.6) is 5.75 Å². The molecule has 1 fully saturated rings. The summed E-state index contributed by atoms with van der Waals surface area (Å²) < 4.78 is 1.52. The second-order valence-corrected chi connectivity index (χ2v) is 6.19. The number of nitrogens with zero attached hydrogens (tertiary/aromatic N) is 1. The van der Waals surface area contributed by atoms with E-state index in [0.29, 0.717) is 4.47 Å². The summed E-state index contributed by atoms with van der Waals surface area (Å²) in [4.78, 5) is 4.51. The van der Waals surface area contributed by atoms with Gasteiger partial charge in [-0.3, -0.25) is 4.99 Å². The lowest BCUT2D eigenvalue weighted by Crippen LogP contribution is -2.22. The lowest BCUT2D eigenvalue weighted by atomic mass is 9.93. The highest BCUT2D eigenvalue weighted by Crippen LogP contribution is 2.32. The summed E-state index contributed by atoms with van der Waals surface area (Å²) in [6.07, 6.45) is 5.18. The minimum Gasteiger partial charge on any atom is -0.507 e. The number of aliphatic imine (C=N–C) groups is 1. The number of halogens is 2. The van der Waals surface area contributed by atoms with Crippen LogP contribution in [0.15, 0.2) is 26.1 Å². The molecule has 0 unspecified atom stereocenters. The zero-order valence-electron chi connectivity index (χ0n) is 9.81. The van der Waals surface area contributed by atoms with Crippen molar-refractivity contribution < 1.29 is 10.2 Å². The first kappa shape index (κ1) is 14.0. The fraction of sp³-hybridized carbons (Fsp3) is 0.462. The van der Waals surface area contributed by atoms with Gasteiger partial charge in [-0.1, -0.05) is 15.9 Å². The second-order valence-electron chi connectivity index (χ2n) is 4.55. The molecule has 0 spiro atoms. The number of rotatable bonds is 2. The quantitative estimate of drug-likeness (QED) is 0.774. The van der Waals surface area contributed by atoms with Gasteiger partial charge in [0.2, 0.25) is 0 Å². The van der Waals surface area contributed by atoms with Gasteiger partial charge in [-0.25, -0.2) is 0 Å². The molecule has 3 nitrogen and oxygen atoms in total. The Morgan fingerprint density at radius 2 is 2.06 bits per heavy atom. The molecular formula is C13H15Br2NO2. The third kappa shape index (κ3) is 3.33. The van der Waals surface area contributed by atoms with Crippen LogP contribution >= 0.6 is 31.9 Å². The zero-order chi connectivity index (χ0) is 13.1. The van der Waals surface area contributed by atoms with Crippen LogP contribution in [0.4, 0.5) is 0 Å². The minimum absolute atomic E-state index is 0.176. The molecular weight excluding hydrogens is 362 g/mol. The number of phenolic OH excluding ortho intramolecular Hbond substituents is 1. The number of benzene rings is 1. The van der Waals surface area contributed by atoms with Crippen molar-refractivity contribution in [1.82, 2.24) is 0 Å². The number of aliphatic hydroxyl groups is 1. The summed E-state index contributed by atoms with van der Waals surface area (Å²) in [6.45, 7) is 0. The van der Waals surface area contributed by atoms with Gasteiger partial charge in [-0.05, 0) is 53.7 Å². The van der Waals surface area contributed by atoms with E-state index in [1.54, 1.807) is 18.3 Å². The number of aliphatic hydroxyl groups excluding tert-OH is 1. The van der Waals surface area contributed by atoms with E-state index in [4.69, 9.17) is 0 Å². The van der Waals surface area contributed by atoms with Gasteiger partial charge >= 0.3 is 0 Å². The van der Waals surface area contributed by atoms with Gasteiger partial charge in [0.1, 0.15) is 5.75 Å². The highest BCUT2D eigenvalue weighted by molar-refractivity contribution is 9.11. The van der Waals surface area contributed by atoms with Crippen LogP contribution in [0, 0.1) is 0 Å². The van der Waals surface area contributed by atoms with Crippen molar-refractivity contribution >= 4 is 38.1 Å². The Balaban J connectivity index is 2.16.